The van der Waals surface area contributed by atoms with Crippen LogP contribution < -0.4 is 0 Å². The zero-order valence-corrected chi connectivity index (χ0v) is 9.22. The van der Waals surface area contributed by atoms with Crippen LogP contribution in [0.1, 0.15) is 40.0 Å². The molecule has 0 aromatic carbocycles. The van der Waals surface area contributed by atoms with Crippen LogP contribution in [0.2, 0.25) is 0 Å². The molecule has 0 nitrogen and oxygen atoms in total. The molecule has 0 rings (SSSR count). The van der Waals surface area contributed by atoms with Gasteiger partial charge in [-0.2, -0.15) is 0 Å². The maximum atomic E-state index is 3.65. The monoisotopic (exact) mass is 178 g/mol. The van der Waals surface area contributed by atoms with E-state index in [0.29, 0.717) is 0 Å². The van der Waals surface area contributed by atoms with Gasteiger partial charge in [0.05, 0.1) is 0 Å². The van der Waals surface area contributed by atoms with Crippen LogP contribution in [0.5, 0.6) is 0 Å². The first kappa shape index (κ1) is 12.2. The van der Waals surface area contributed by atoms with Gasteiger partial charge in [-0.1, -0.05) is 43.4 Å². The van der Waals surface area contributed by atoms with Gasteiger partial charge in [0.25, 0.3) is 0 Å². The maximum Gasteiger partial charge on any atom is -0.0322 e. The van der Waals surface area contributed by atoms with Crippen molar-refractivity contribution in [1.29, 1.82) is 0 Å². The average molecular weight is 178 g/mol. The quantitative estimate of drug-likeness (QED) is 0.415. The predicted molar refractivity (Wildman–Crippen MR) is 61.8 cm³/mol. The van der Waals surface area contributed by atoms with Crippen LogP contribution in [0.25, 0.3) is 0 Å². The Morgan fingerprint density at radius 3 is 2.62 bits per heavy atom. The first-order chi connectivity index (χ1) is 6.16. The van der Waals surface area contributed by atoms with Crippen LogP contribution >= 0.6 is 0 Å². The van der Waals surface area contributed by atoms with E-state index in [1.807, 2.05) is 12.2 Å². The van der Waals surface area contributed by atoms with Crippen LogP contribution in [-0.2, 0) is 0 Å². The summed E-state index contributed by atoms with van der Waals surface area (Å²) < 4.78 is 0. The van der Waals surface area contributed by atoms with Crippen molar-refractivity contribution in [3.05, 3.63) is 36.5 Å². The molecule has 0 spiro atoms. The molecular weight excluding hydrogens is 156 g/mol. The Morgan fingerprint density at radius 2 is 2.08 bits per heavy atom. The van der Waals surface area contributed by atoms with Gasteiger partial charge in [0.15, 0.2) is 0 Å². The van der Waals surface area contributed by atoms with Gasteiger partial charge in [-0.25, -0.2) is 0 Å². The fourth-order valence-electron chi connectivity index (χ4n) is 1.18. The average Bonchev–Trinajstić information content (AvgIpc) is 2.04. The Bertz CT molecular complexity index is 180. The van der Waals surface area contributed by atoms with Crippen LogP contribution in [0.15, 0.2) is 36.5 Å². The molecule has 0 aliphatic heterocycles. The number of rotatable bonds is 6. The van der Waals surface area contributed by atoms with Gasteiger partial charge in [-0.05, 0) is 39.0 Å². The van der Waals surface area contributed by atoms with E-state index >= 15 is 0 Å². The summed E-state index contributed by atoms with van der Waals surface area (Å²) in [7, 11) is 0. The molecule has 0 aromatic heterocycles. The molecule has 0 bridgehead atoms. The van der Waals surface area contributed by atoms with Gasteiger partial charge >= 0.3 is 0 Å². The van der Waals surface area contributed by atoms with E-state index in [-0.39, 0.29) is 0 Å². The molecule has 0 radical (unpaired) electrons. The summed E-state index contributed by atoms with van der Waals surface area (Å²) in [4.78, 5) is 0. The third kappa shape index (κ3) is 9.13. The smallest absolute Gasteiger partial charge is 0.0322 e. The highest BCUT2D eigenvalue weighted by atomic mass is 14.0. The van der Waals surface area contributed by atoms with Crippen LogP contribution in [0.3, 0.4) is 0 Å². The Balaban J connectivity index is 3.51. The van der Waals surface area contributed by atoms with Gasteiger partial charge in [0.1, 0.15) is 0 Å². The second-order valence-electron chi connectivity index (χ2n) is 3.86. The molecule has 0 unspecified atom stereocenters. The summed E-state index contributed by atoms with van der Waals surface area (Å²) in [5.41, 5.74) is 1.42. The van der Waals surface area contributed by atoms with E-state index in [0.717, 1.165) is 5.92 Å². The lowest BCUT2D eigenvalue weighted by molar-refractivity contribution is 0.546. The van der Waals surface area contributed by atoms with Crippen molar-refractivity contribution in [2.45, 2.75) is 40.0 Å². The molecule has 0 fully saturated rings. The summed E-state index contributed by atoms with van der Waals surface area (Å²) in [5, 5.41) is 0. The first-order valence-electron chi connectivity index (χ1n) is 5.07. The molecule has 0 heteroatoms. The molecule has 0 saturated heterocycles. The molecule has 0 saturated carbocycles. The van der Waals surface area contributed by atoms with Crippen molar-refractivity contribution in [3.8, 4) is 0 Å². The van der Waals surface area contributed by atoms with Crippen molar-refractivity contribution >= 4 is 0 Å². The summed E-state index contributed by atoms with van der Waals surface area (Å²) in [6.07, 6.45) is 12.0. The van der Waals surface area contributed by atoms with Gasteiger partial charge in [-0.3, -0.25) is 0 Å². The van der Waals surface area contributed by atoms with Gasteiger partial charge in [-0.15, -0.1) is 0 Å². The third-order valence-corrected chi connectivity index (χ3v) is 2.02. The summed E-state index contributed by atoms with van der Waals surface area (Å²) >= 11 is 0. The van der Waals surface area contributed by atoms with Crippen LogP contribution in [0.4, 0.5) is 0 Å². The number of allylic oxidation sites excluding steroid dienone is 5. The Labute approximate surface area is 83.0 Å². The second kappa shape index (κ2) is 7.85. The van der Waals surface area contributed by atoms with E-state index in [2.05, 4.69) is 39.5 Å². The lowest BCUT2D eigenvalue weighted by Crippen LogP contribution is -1.91. The van der Waals surface area contributed by atoms with Gasteiger partial charge in [0, 0.05) is 0 Å². The largest absolute Gasteiger partial charge is 0.0991 e. The zero-order chi connectivity index (χ0) is 10.1. The molecule has 0 aliphatic rings. The first-order valence-corrected chi connectivity index (χ1v) is 5.07. The standard InChI is InChI=1S/C13H22/c1-5-6-7-10-13(4)11-8-9-12(2)3/h5-7,9,13H,1,8,10-11H2,2-4H3/b7-6+/t13-/m0/s1. The molecule has 1 atom stereocenters. The van der Waals surface area contributed by atoms with Crippen LogP contribution in [0, 0.1) is 5.92 Å². The van der Waals surface area contributed by atoms with Crippen LogP contribution in [-0.4, -0.2) is 0 Å². The summed E-state index contributed by atoms with van der Waals surface area (Å²) in [6, 6.07) is 0. The van der Waals surface area contributed by atoms with E-state index in [4.69, 9.17) is 0 Å². The molecule has 0 aromatic rings. The van der Waals surface area contributed by atoms with Gasteiger partial charge < -0.3 is 0 Å². The SMILES string of the molecule is C=C/C=C/C[C@H](C)CCC=C(C)C. The predicted octanol–water partition coefficient (Wildman–Crippen LogP) is 4.50. The van der Waals surface area contributed by atoms with Gasteiger partial charge in [0.2, 0.25) is 0 Å². The summed E-state index contributed by atoms with van der Waals surface area (Å²) in [6.45, 7) is 10.3. The normalized spacial score (nSPS) is 12.8. The molecule has 0 aliphatic carbocycles. The number of hydrogen-bond acceptors (Lipinski definition) is 0. The van der Waals surface area contributed by atoms with E-state index in [1.54, 1.807) is 0 Å². The van der Waals surface area contributed by atoms with E-state index in [9.17, 15) is 0 Å². The van der Waals surface area contributed by atoms with E-state index in [1.165, 1.54) is 24.8 Å². The van der Waals surface area contributed by atoms with Crippen molar-refractivity contribution in [1.82, 2.24) is 0 Å². The highest BCUT2D eigenvalue weighted by Crippen LogP contribution is 2.12. The fourth-order valence-corrected chi connectivity index (χ4v) is 1.18. The lowest BCUT2D eigenvalue weighted by Gasteiger charge is -2.05. The van der Waals surface area contributed by atoms with Crippen molar-refractivity contribution in [2.75, 3.05) is 0 Å². The summed E-state index contributed by atoms with van der Waals surface area (Å²) in [5.74, 6) is 0.784. The molecule has 74 valence electrons. The Kier molecular flexibility index (Phi) is 7.38. The maximum absolute atomic E-state index is 3.65. The minimum atomic E-state index is 0.784. The van der Waals surface area contributed by atoms with Crippen molar-refractivity contribution < 1.29 is 0 Å². The Hall–Kier alpha value is -0.780. The topological polar surface area (TPSA) is 0 Å². The highest BCUT2D eigenvalue weighted by Gasteiger charge is 1.96. The van der Waals surface area contributed by atoms with Crippen molar-refractivity contribution in [3.63, 3.8) is 0 Å². The second-order valence-corrected chi connectivity index (χ2v) is 3.86. The molecule has 0 amide bonds. The zero-order valence-electron chi connectivity index (χ0n) is 9.22. The minimum Gasteiger partial charge on any atom is -0.0991 e. The minimum absolute atomic E-state index is 0.784. The molecule has 0 heterocycles. The molecule has 13 heavy (non-hydrogen) atoms. The Morgan fingerprint density at radius 1 is 1.38 bits per heavy atom. The third-order valence-electron chi connectivity index (χ3n) is 2.02. The highest BCUT2D eigenvalue weighted by molar-refractivity contribution is 4.98. The fraction of sp³-hybridized carbons (Fsp3) is 0.538. The van der Waals surface area contributed by atoms with E-state index < -0.39 is 0 Å². The molecule has 0 N–H and O–H groups in total. The van der Waals surface area contributed by atoms with Crippen molar-refractivity contribution in [2.24, 2.45) is 5.92 Å². The lowest BCUT2D eigenvalue weighted by atomic mass is 10.0. The molecular formula is C13H22. The number of hydrogen-bond donors (Lipinski definition) is 0.